The molecule has 0 saturated carbocycles. The van der Waals surface area contributed by atoms with Crippen molar-refractivity contribution in [3.8, 4) is 0 Å². The van der Waals surface area contributed by atoms with Gasteiger partial charge in [-0.05, 0) is 11.0 Å². The van der Waals surface area contributed by atoms with Crippen LogP contribution in [0.5, 0.6) is 0 Å². The first-order valence-electron chi connectivity index (χ1n) is 0.783. The number of hydrogen-bond donors (Lipinski definition) is 3. The topological polar surface area (TPSA) is 77.8 Å². The SMILES string of the molecule is C.O=P(O)(O)O.[Fe].[LiH].[SiH4]. The van der Waals surface area contributed by atoms with Gasteiger partial charge in [0.25, 0.3) is 0 Å². The van der Waals surface area contributed by atoms with Crippen LogP contribution in [0.15, 0.2) is 0 Å². The molecule has 0 aliphatic rings. The fourth-order valence-corrected chi connectivity index (χ4v) is 0. The first-order valence-corrected chi connectivity index (χ1v) is 2.35. The predicted molar refractivity (Wildman–Crippen MR) is 39.5 cm³/mol. The van der Waals surface area contributed by atoms with Gasteiger partial charge in [0.05, 0.1) is 0 Å². The van der Waals surface area contributed by atoms with Gasteiger partial charge < -0.3 is 14.7 Å². The molecule has 0 fully saturated rings. The van der Waals surface area contributed by atoms with Crippen LogP contribution >= 0.6 is 7.82 Å². The Labute approximate surface area is 81.3 Å². The molecule has 58 valence electrons. The second-order valence-corrected chi connectivity index (χ2v) is 1.54. The summed E-state index contributed by atoms with van der Waals surface area (Å²) in [6, 6.07) is 0. The van der Waals surface area contributed by atoms with Crippen molar-refractivity contribution in [2.24, 2.45) is 0 Å². The Kier molecular flexibility index (Phi) is 42.4. The molecule has 3 N–H and O–H groups in total. The normalized spacial score (nSPS) is 6.56. The van der Waals surface area contributed by atoms with Crippen molar-refractivity contribution in [2.75, 3.05) is 0 Å². The monoisotopic (exact) mass is 210 g/mol. The van der Waals surface area contributed by atoms with Gasteiger partial charge in [0.2, 0.25) is 0 Å². The molecule has 0 amide bonds. The zero-order chi connectivity index (χ0) is 4.50. The zero-order valence-electron chi connectivity index (χ0n) is 2.55. The van der Waals surface area contributed by atoms with E-state index in [2.05, 4.69) is 0 Å². The molecule has 9 heavy (non-hydrogen) atoms. The first-order chi connectivity index (χ1) is 2.00. The summed E-state index contributed by atoms with van der Waals surface area (Å²) in [4.78, 5) is 21.6. The number of rotatable bonds is 0. The number of phosphoric acid groups is 1. The molecule has 0 atom stereocenters. The van der Waals surface area contributed by atoms with Crippen LogP contribution in [-0.2, 0) is 21.6 Å². The van der Waals surface area contributed by atoms with Crippen LogP contribution in [0.25, 0.3) is 0 Å². The predicted octanol–water partition coefficient (Wildman–Crippen LogP) is -2.40. The minimum absolute atomic E-state index is 0. The number of hydrogen-bond acceptors (Lipinski definition) is 1. The largest absolute Gasteiger partial charge is 0.0149 e. The van der Waals surface area contributed by atoms with Crippen molar-refractivity contribution in [3.63, 3.8) is 0 Å². The smallest absolute Gasteiger partial charge is 0.0149 e. The summed E-state index contributed by atoms with van der Waals surface area (Å²) in [5, 5.41) is 0. The Balaban J connectivity index is -0.0000000133. The molecule has 0 saturated heterocycles. The molecule has 0 radical (unpaired) electrons. The fourth-order valence-electron chi connectivity index (χ4n) is 0. The van der Waals surface area contributed by atoms with Crippen LogP contribution in [0, 0.1) is 0 Å². The summed E-state index contributed by atoms with van der Waals surface area (Å²) < 4.78 is 8.88. The Morgan fingerprint density at radius 1 is 1.11 bits per heavy atom. The summed E-state index contributed by atoms with van der Waals surface area (Å²) in [5.74, 6) is 0. The van der Waals surface area contributed by atoms with E-state index in [4.69, 9.17) is 19.2 Å². The van der Waals surface area contributed by atoms with E-state index in [0.717, 1.165) is 0 Å². The molecule has 0 rings (SSSR count). The Bertz CT molecular complexity index is 66.7. The molecule has 8 heteroatoms. The van der Waals surface area contributed by atoms with Crippen LogP contribution in [-0.4, -0.2) is 44.5 Å². The molecule has 0 aliphatic carbocycles. The maximum Gasteiger partial charge on any atom is -0.0149 e. The van der Waals surface area contributed by atoms with Crippen molar-refractivity contribution in [3.05, 3.63) is 0 Å². The third-order valence-electron chi connectivity index (χ3n) is 0. The minimum Gasteiger partial charge on any atom is -0.0149 e. The van der Waals surface area contributed by atoms with E-state index in [1.165, 1.54) is 0 Å². The quantitative estimate of drug-likeness (QED) is 0.307. The van der Waals surface area contributed by atoms with Gasteiger partial charge >= 0.3 is 26.7 Å². The van der Waals surface area contributed by atoms with Crippen molar-refractivity contribution in [1.29, 1.82) is 0 Å². The molecule has 4 nitrogen and oxygen atoms in total. The Morgan fingerprint density at radius 3 is 1.11 bits per heavy atom. The van der Waals surface area contributed by atoms with E-state index >= 15 is 0 Å². The van der Waals surface area contributed by atoms with Gasteiger partial charge in [-0.2, -0.15) is 0 Å². The average molecular weight is 210 g/mol. The molecular formula is CH12FeLiO4PSi. The molecule has 0 aromatic rings. The van der Waals surface area contributed by atoms with Crippen LogP contribution in [0.4, 0.5) is 0 Å². The second-order valence-electron chi connectivity index (χ2n) is 0.513. The van der Waals surface area contributed by atoms with Gasteiger partial charge in [0.1, 0.15) is 0 Å². The summed E-state index contributed by atoms with van der Waals surface area (Å²) in [5.41, 5.74) is 0. The Morgan fingerprint density at radius 2 is 1.11 bits per heavy atom. The molecule has 0 heterocycles. The van der Waals surface area contributed by atoms with Gasteiger partial charge in [-0.3, -0.25) is 0 Å². The Hall–Kier alpha value is 1.44. The molecule has 0 aromatic heterocycles. The van der Waals surface area contributed by atoms with Crippen LogP contribution in [0.3, 0.4) is 0 Å². The minimum atomic E-state index is -4.64. The zero-order valence-corrected chi connectivity index (χ0v) is 4.55. The van der Waals surface area contributed by atoms with E-state index < -0.39 is 7.82 Å². The summed E-state index contributed by atoms with van der Waals surface area (Å²) in [6.45, 7) is 0. The molecule has 0 spiro atoms. The van der Waals surface area contributed by atoms with Crippen LogP contribution < -0.4 is 0 Å². The van der Waals surface area contributed by atoms with Gasteiger partial charge in [-0.25, -0.2) is 4.57 Å². The van der Waals surface area contributed by atoms with Gasteiger partial charge in [-0.1, -0.05) is 7.43 Å². The average Bonchev–Trinajstić information content (AvgIpc) is 0.722. The van der Waals surface area contributed by atoms with Crippen molar-refractivity contribution >= 4 is 37.6 Å². The molecule has 0 unspecified atom stereocenters. The standard InChI is InChI=1S/CH4.Fe.Li.H3O4P.H4Si.H/c;;;1-5(2,3)4;;/h1H4;;;(H3,1,2,3,4);1H4;. The molecule has 0 aromatic carbocycles. The van der Waals surface area contributed by atoms with Gasteiger partial charge in [-0.15, -0.1) is 0 Å². The van der Waals surface area contributed by atoms with E-state index in [1.807, 2.05) is 0 Å². The molecule has 0 bridgehead atoms. The van der Waals surface area contributed by atoms with Crippen molar-refractivity contribution < 1.29 is 36.3 Å². The van der Waals surface area contributed by atoms with Crippen molar-refractivity contribution in [1.82, 2.24) is 0 Å². The molecule has 0 aliphatic heterocycles. The fraction of sp³-hybridized carbons (Fsp3) is 1.00. The summed E-state index contributed by atoms with van der Waals surface area (Å²) in [6.07, 6.45) is 0. The maximum absolute atomic E-state index is 8.88. The van der Waals surface area contributed by atoms with Crippen LogP contribution in [0.2, 0.25) is 0 Å². The maximum atomic E-state index is 8.88. The second kappa shape index (κ2) is 12.2. The van der Waals surface area contributed by atoms with E-state index in [0.29, 0.717) is 0 Å². The van der Waals surface area contributed by atoms with E-state index in [-0.39, 0.29) is 54.3 Å². The first kappa shape index (κ1) is 31.4. The van der Waals surface area contributed by atoms with E-state index in [1.54, 1.807) is 0 Å². The van der Waals surface area contributed by atoms with E-state index in [9.17, 15) is 0 Å². The summed E-state index contributed by atoms with van der Waals surface area (Å²) in [7, 11) is -4.64. The summed E-state index contributed by atoms with van der Waals surface area (Å²) >= 11 is 0. The third kappa shape index (κ3) is 251. The molecular weight excluding hydrogens is 198 g/mol. The van der Waals surface area contributed by atoms with Crippen molar-refractivity contribution in [2.45, 2.75) is 7.43 Å². The van der Waals surface area contributed by atoms with Crippen LogP contribution in [0.1, 0.15) is 7.43 Å². The van der Waals surface area contributed by atoms with Gasteiger partial charge in [0, 0.05) is 17.1 Å². The van der Waals surface area contributed by atoms with Gasteiger partial charge in [0.15, 0.2) is 0 Å². The third-order valence-corrected chi connectivity index (χ3v) is 0.